The number of allylic oxidation sites excluding steroid dienone is 3. The van der Waals surface area contributed by atoms with Crippen LogP contribution in [0.2, 0.25) is 0 Å². The highest BCUT2D eigenvalue weighted by atomic mass is 16.6. The molecule has 3 aliphatic heterocycles. The first kappa shape index (κ1) is 39.7. The number of ether oxygens (including phenoxy) is 3. The summed E-state index contributed by atoms with van der Waals surface area (Å²) in [6.45, 7) is 13.7. The second kappa shape index (κ2) is 17.2. The highest BCUT2D eigenvalue weighted by Crippen LogP contribution is 2.38. The lowest BCUT2D eigenvalue weighted by Gasteiger charge is -2.51. The molecule has 0 aromatic heterocycles. The van der Waals surface area contributed by atoms with Crippen LogP contribution in [0.25, 0.3) is 0 Å². The highest BCUT2D eigenvalue weighted by molar-refractivity contribution is 5.70. The number of rotatable bonds is 11. The molecule has 0 aliphatic carbocycles. The number of amides is 1. The Labute approximate surface area is 285 Å². The van der Waals surface area contributed by atoms with Crippen LogP contribution >= 0.6 is 0 Å². The van der Waals surface area contributed by atoms with Crippen LogP contribution < -0.4 is 0 Å². The largest absolute Gasteiger partial charge is 0.465 e. The molecule has 2 saturated heterocycles. The number of aliphatic hydroxyl groups excluding tert-OH is 2. The van der Waals surface area contributed by atoms with Crippen LogP contribution in [-0.4, -0.2) is 116 Å². The fourth-order valence-corrected chi connectivity index (χ4v) is 7.09. The first-order chi connectivity index (χ1) is 22.5. The third-order valence-electron chi connectivity index (χ3n) is 10.0. The second-order valence-electron chi connectivity index (χ2n) is 14.6. The Hall–Kier alpha value is -2.77. The number of hydrogen-bond acceptors (Lipinski definition) is 10. The summed E-state index contributed by atoms with van der Waals surface area (Å²) in [5, 5.41) is 42.2. The number of esters is 2. The number of epoxide rings is 1. The lowest BCUT2D eigenvalue weighted by molar-refractivity contribution is -0.167. The fourth-order valence-electron chi connectivity index (χ4n) is 7.09. The Morgan fingerprint density at radius 3 is 2.62 bits per heavy atom. The molecule has 1 unspecified atom stereocenters. The van der Waals surface area contributed by atoms with Gasteiger partial charge in [0.05, 0.1) is 55.6 Å². The standard InChI is InChI=1S/C36H58N2O10/c1-8-28(41)24(3)33-29(48-33)20-36(7,45)16-12-13-23(2)32-25(4)37(21-30(47-26(5)39)38(32)34(43)44)22-35(6)15-10-9-11-18-46-31(42)19-27(40)14-17-35/h9-10,12-13,16,24-25,27-30,32-33,40-41,45H,8,11,14-15,17-22H2,1-7H3,(H,43,44)/b10-9?,16-12+,23-13+/t24-,25+,27-,28+,29-,30+,32+,33-,35+,36?/m1/s1. The Kier molecular flexibility index (Phi) is 14.3. The van der Waals surface area contributed by atoms with Gasteiger partial charge in [-0.3, -0.25) is 19.4 Å². The zero-order valence-electron chi connectivity index (χ0n) is 29.7. The minimum Gasteiger partial charge on any atom is -0.465 e. The second-order valence-corrected chi connectivity index (χ2v) is 14.6. The fraction of sp³-hybridized carbons (Fsp3) is 0.750. The van der Waals surface area contributed by atoms with Gasteiger partial charge < -0.3 is 34.6 Å². The number of cyclic esters (lactones) is 1. The van der Waals surface area contributed by atoms with Crippen LogP contribution in [0.1, 0.15) is 93.4 Å². The van der Waals surface area contributed by atoms with E-state index in [2.05, 4.69) is 17.9 Å². The number of carbonyl (C=O) groups excluding carboxylic acids is 2. The van der Waals surface area contributed by atoms with Crippen LogP contribution in [0.3, 0.4) is 0 Å². The van der Waals surface area contributed by atoms with E-state index in [4.69, 9.17) is 14.2 Å². The van der Waals surface area contributed by atoms with Crippen LogP contribution in [-0.2, 0) is 23.8 Å². The molecule has 0 aromatic rings. The van der Waals surface area contributed by atoms with Crippen LogP contribution in [0.15, 0.2) is 36.0 Å². The smallest absolute Gasteiger partial charge is 0.410 e. The Bertz CT molecular complexity index is 1200. The summed E-state index contributed by atoms with van der Waals surface area (Å²) in [6.07, 6.45) is 8.58. The van der Waals surface area contributed by atoms with Gasteiger partial charge in [-0.2, -0.15) is 0 Å². The van der Waals surface area contributed by atoms with E-state index in [0.29, 0.717) is 50.6 Å². The molecule has 0 spiro atoms. The lowest BCUT2D eigenvalue weighted by Crippen LogP contribution is -2.66. The SMILES string of the molecule is CC[C@H](O)[C@@H](C)[C@H]1O[C@@H]1CC(C)(O)/C=C/C=C(\C)[C@H]1[C@H](C)N(C[C@@]2(C)CC=CCCOC(=O)C[C@H](O)CC2)C[C@H](OC(C)=O)N1C(=O)O. The summed E-state index contributed by atoms with van der Waals surface area (Å²) in [4.78, 5) is 40.2. The summed E-state index contributed by atoms with van der Waals surface area (Å²) in [6, 6.07) is -0.985. The molecule has 2 fully saturated rings. The molecule has 3 aliphatic rings. The predicted octanol–water partition coefficient (Wildman–Crippen LogP) is 4.18. The van der Waals surface area contributed by atoms with E-state index in [1.165, 1.54) is 11.8 Å². The topological polar surface area (TPSA) is 170 Å². The minimum atomic E-state index is -1.21. The summed E-state index contributed by atoms with van der Waals surface area (Å²) in [5.74, 6) is -1.04. The first-order valence-corrected chi connectivity index (χ1v) is 17.3. The number of nitrogens with zero attached hydrogens (tertiary/aromatic N) is 2. The summed E-state index contributed by atoms with van der Waals surface area (Å²) in [7, 11) is 0. The number of carbonyl (C=O) groups is 3. The van der Waals surface area contributed by atoms with E-state index in [1.54, 1.807) is 25.2 Å². The van der Waals surface area contributed by atoms with E-state index in [-0.39, 0.29) is 49.2 Å². The molecular weight excluding hydrogens is 620 g/mol. The summed E-state index contributed by atoms with van der Waals surface area (Å²) in [5.41, 5.74) is -0.826. The zero-order valence-corrected chi connectivity index (χ0v) is 29.7. The van der Waals surface area contributed by atoms with Gasteiger partial charge in [0.2, 0.25) is 0 Å². The number of aliphatic hydroxyl groups is 3. The van der Waals surface area contributed by atoms with Gasteiger partial charge >= 0.3 is 18.0 Å². The number of piperazine rings is 1. The van der Waals surface area contributed by atoms with Crippen molar-refractivity contribution in [2.24, 2.45) is 11.3 Å². The third-order valence-corrected chi connectivity index (χ3v) is 10.0. The molecule has 12 heteroatoms. The third kappa shape index (κ3) is 11.4. The average molecular weight is 679 g/mol. The molecule has 0 radical (unpaired) electrons. The van der Waals surface area contributed by atoms with Crippen molar-refractivity contribution in [1.29, 1.82) is 0 Å². The molecule has 1 amide bonds. The van der Waals surface area contributed by atoms with Crippen molar-refractivity contribution in [2.75, 3.05) is 19.7 Å². The first-order valence-electron chi connectivity index (χ1n) is 17.3. The molecule has 3 heterocycles. The zero-order chi connectivity index (χ0) is 35.8. The quantitative estimate of drug-likeness (QED) is 0.107. The van der Waals surface area contributed by atoms with Gasteiger partial charge in [-0.25, -0.2) is 4.79 Å². The average Bonchev–Trinajstić information content (AvgIpc) is 3.75. The predicted molar refractivity (Wildman–Crippen MR) is 180 cm³/mol. The summed E-state index contributed by atoms with van der Waals surface area (Å²) >= 11 is 0. The molecule has 48 heavy (non-hydrogen) atoms. The van der Waals surface area contributed by atoms with E-state index < -0.39 is 48.1 Å². The lowest BCUT2D eigenvalue weighted by atomic mass is 9.79. The van der Waals surface area contributed by atoms with E-state index >= 15 is 0 Å². The van der Waals surface area contributed by atoms with Gasteiger partial charge in [0.1, 0.15) is 0 Å². The van der Waals surface area contributed by atoms with Gasteiger partial charge in [0.15, 0.2) is 6.23 Å². The molecular formula is C36H58N2O10. The van der Waals surface area contributed by atoms with E-state index in [1.807, 2.05) is 33.8 Å². The van der Waals surface area contributed by atoms with Crippen molar-refractivity contribution in [3.05, 3.63) is 36.0 Å². The molecule has 12 nitrogen and oxygen atoms in total. The van der Waals surface area contributed by atoms with Crippen LogP contribution in [0.5, 0.6) is 0 Å². The minimum absolute atomic E-state index is 0.0302. The molecule has 0 saturated carbocycles. The van der Waals surface area contributed by atoms with Gasteiger partial charge in [0, 0.05) is 31.8 Å². The van der Waals surface area contributed by atoms with Crippen molar-refractivity contribution in [3.63, 3.8) is 0 Å². The molecule has 0 aromatic carbocycles. The maximum Gasteiger partial charge on any atom is 0.410 e. The maximum atomic E-state index is 12.7. The molecule has 3 rings (SSSR count). The van der Waals surface area contributed by atoms with Crippen LogP contribution in [0, 0.1) is 11.3 Å². The molecule has 10 atom stereocenters. The van der Waals surface area contributed by atoms with Crippen molar-refractivity contribution in [2.45, 2.75) is 142 Å². The normalized spacial score (nSPS) is 33.6. The van der Waals surface area contributed by atoms with Gasteiger partial charge in [-0.05, 0) is 63.9 Å². The van der Waals surface area contributed by atoms with Crippen molar-refractivity contribution >= 4 is 18.0 Å². The Morgan fingerprint density at radius 2 is 1.98 bits per heavy atom. The van der Waals surface area contributed by atoms with E-state index in [0.717, 1.165) is 0 Å². The van der Waals surface area contributed by atoms with Crippen LogP contribution in [0.4, 0.5) is 4.79 Å². The number of carboxylic acid groups (broad SMARTS) is 1. The van der Waals surface area contributed by atoms with E-state index in [9.17, 15) is 34.8 Å². The van der Waals surface area contributed by atoms with Crippen molar-refractivity contribution in [3.8, 4) is 0 Å². The van der Waals surface area contributed by atoms with Crippen molar-refractivity contribution in [1.82, 2.24) is 9.80 Å². The highest BCUT2D eigenvalue weighted by Gasteiger charge is 2.48. The molecule has 272 valence electrons. The Balaban J connectivity index is 1.83. The van der Waals surface area contributed by atoms with Gasteiger partial charge in [-0.15, -0.1) is 0 Å². The summed E-state index contributed by atoms with van der Waals surface area (Å²) < 4.78 is 16.5. The number of hydrogen-bond donors (Lipinski definition) is 4. The monoisotopic (exact) mass is 678 g/mol. The molecule has 0 bridgehead atoms. The van der Waals surface area contributed by atoms with Gasteiger partial charge in [-0.1, -0.05) is 51.2 Å². The van der Waals surface area contributed by atoms with Gasteiger partial charge in [0.25, 0.3) is 0 Å². The molecule has 4 N–H and O–H groups in total. The Morgan fingerprint density at radius 1 is 1.27 bits per heavy atom. The maximum absolute atomic E-state index is 12.7. The van der Waals surface area contributed by atoms with Crippen molar-refractivity contribution < 1.29 is 49.0 Å².